The standard InChI is InChI=1S/C13H20ClN3O2S/c1-16(2)20(18,19)17-7-5-11(6-8-17)9-12-3-4-13(14)15-10-12/h3-4,10-11H,5-9H2,1-2H3. The minimum Gasteiger partial charge on any atom is -0.244 e. The molecule has 0 aromatic carbocycles. The summed E-state index contributed by atoms with van der Waals surface area (Å²) in [5.74, 6) is 0.506. The Morgan fingerprint density at radius 2 is 2.00 bits per heavy atom. The molecule has 112 valence electrons. The van der Waals surface area contributed by atoms with Crippen LogP contribution in [0.4, 0.5) is 0 Å². The molecule has 7 heteroatoms. The van der Waals surface area contributed by atoms with E-state index < -0.39 is 10.2 Å². The van der Waals surface area contributed by atoms with Crippen molar-refractivity contribution in [2.24, 2.45) is 5.92 Å². The van der Waals surface area contributed by atoms with E-state index in [1.54, 1.807) is 30.7 Å². The van der Waals surface area contributed by atoms with E-state index in [0.717, 1.165) is 24.8 Å². The highest BCUT2D eigenvalue weighted by atomic mass is 35.5. The molecule has 20 heavy (non-hydrogen) atoms. The van der Waals surface area contributed by atoms with Gasteiger partial charge in [0.2, 0.25) is 0 Å². The van der Waals surface area contributed by atoms with Crippen LogP contribution >= 0.6 is 11.6 Å². The summed E-state index contributed by atoms with van der Waals surface area (Å²) in [5.41, 5.74) is 1.16. The van der Waals surface area contributed by atoms with Crippen molar-refractivity contribution in [1.82, 2.24) is 13.6 Å². The summed E-state index contributed by atoms with van der Waals surface area (Å²) in [6.07, 6.45) is 4.50. The van der Waals surface area contributed by atoms with E-state index in [4.69, 9.17) is 11.6 Å². The van der Waals surface area contributed by atoms with E-state index >= 15 is 0 Å². The third-order valence-electron chi connectivity index (χ3n) is 3.67. The number of hydrogen-bond donors (Lipinski definition) is 0. The summed E-state index contributed by atoms with van der Waals surface area (Å²) in [7, 11) is -0.124. The number of aromatic nitrogens is 1. The van der Waals surface area contributed by atoms with Gasteiger partial charge >= 0.3 is 0 Å². The van der Waals surface area contributed by atoms with Gasteiger partial charge in [0.15, 0.2) is 0 Å². The molecule has 1 aliphatic rings. The third kappa shape index (κ3) is 3.69. The van der Waals surface area contributed by atoms with Crippen LogP contribution in [0.15, 0.2) is 18.3 Å². The lowest BCUT2D eigenvalue weighted by molar-refractivity contribution is 0.262. The number of pyridine rings is 1. The number of rotatable bonds is 4. The van der Waals surface area contributed by atoms with Crippen molar-refractivity contribution in [2.75, 3.05) is 27.2 Å². The van der Waals surface area contributed by atoms with E-state index in [-0.39, 0.29) is 0 Å². The van der Waals surface area contributed by atoms with Crippen molar-refractivity contribution in [3.8, 4) is 0 Å². The van der Waals surface area contributed by atoms with Crippen LogP contribution in [0.25, 0.3) is 0 Å². The minimum atomic E-state index is -3.26. The molecule has 0 spiro atoms. The summed E-state index contributed by atoms with van der Waals surface area (Å²) in [6.45, 7) is 1.18. The summed E-state index contributed by atoms with van der Waals surface area (Å²) < 4.78 is 26.9. The van der Waals surface area contributed by atoms with Crippen LogP contribution in [0.3, 0.4) is 0 Å². The van der Waals surface area contributed by atoms with E-state index in [1.165, 1.54) is 4.31 Å². The SMILES string of the molecule is CN(C)S(=O)(=O)N1CCC(Cc2ccc(Cl)nc2)CC1. The Labute approximate surface area is 125 Å². The van der Waals surface area contributed by atoms with E-state index in [1.807, 2.05) is 6.07 Å². The molecule has 0 bridgehead atoms. The Bertz CT molecular complexity index is 537. The maximum absolute atomic E-state index is 12.0. The highest BCUT2D eigenvalue weighted by molar-refractivity contribution is 7.86. The molecule has 1 saturated heterocycles. The van der Waals surface area contributed by atoms with Crippen LogP contribution in [0.5, 0.6) is 0 Å². The van der Waals surface area contributed by atoms with E-state index in [0.29, 0.717) is 24.2 Å². The van der Waals surface area contributed by atoms with Crippen molar-refractivity contribution in [1.29, 1.82) is 0 Å². The van der Waals surface area contributed by atoms with Crippen molar-refractivity contribution in [3.63, 3.8) is 0 Å². The Kier molecular flexibility index (Phi) is 5.01. The zero-order valence-corrected chi connectivity index (χ0v) is 13.4. The fourth-order valence-electron chi connectivity index (χ4n) is 2.44. The second-order valence-corrected chi connectivity index (χ2v) is 7.86. The van der Waals surface area contributed by atoms with Crippen LogP contribution < -0.4 is 0 Å². The summed E-state index contributed by atoms with van der Waals surface area (Å²) in [5, 5.41) is 0.501. The van der Waals surface area contributed by atoms with Crippen LogP contribution in [-0.4, -0.2) is 49.2 Å². The molecule has 1 aromatic heterocycles. The molecule has 0 amide bonds. The molecule has 1 aromatic rings. The average molecular weight is 318 g/mol. The van der Waals surface area contributed by atoms with E-state index in [2.05, 4.69) is 4.98 Å². The average Bonchev–Trinajstić information content (AvgIpc) is 2.42. The molecule has 0 atom stereocenters. The van der Waals surface area contributed by atoms with Crippen molar-refractivity contribution >= 4 is 21.8 Å². The predicted molar refractivity (Wildman–Crippen MR) is 79.9 cm³/mol. The van der Waals surface area contributed by atoms with Crippen molar-refractivity contribution in [3.05, 3.63) is 29.0 Å². The third-order valence-corrected chi connectivity index (χ3v) is 5.84. The number of halogens is 1. The van der Waals surface area contributed by atoms with Crippen LogP contribution in [-0.2, 0) is 16.6 Å². The molecule has 2 rings (SSSR count). The number of hydrogen-bond acceptors (Lipinski definition) is 3. The second-order valence-electron chi connectivity index (χ2n) is 5.33. The van der Waals surface area contributed by atoms with Gasteiger partial charge in [-0.25, -0.2) is 4.98 Å². The maximum Gasteiger partial charge on any atom is 0.281 e. The molecule has 0 saturated carbocycles. The van der Waals surface area contributed by atoms with E-state index in [9.17, 15) is 8.42 Å². The summed E-state index contributed by atoms with van der Waals surface area (Å²) in [6, 6.07) is 3.78. The lowest BCUT2D eigenvalue weighted by Crippen LogP contribution is -2.44. The van der Waals surface area contributed by atoms with Gasteiger partial charge in [0.05, 0.1) is 0 Å². The molecule has 0 aliphatic carbocycles. The first-order chi connectivity index (χ1) is 9.39. The van der Waals surface area contributed by atoms with Gasteiger partial charge in [-0.2, -0.15) is 17.0 Å². The lowest BCUT2D eigenvalue weighted by Gasteiger charge is -2.32. The molecule has 0 radical (unpaired) electrons. The quantitative estimate of drug-likeness (QED) is 0.796. The van der Waals surface area contributed by atoms with Gasteiger partial charge < -0.3 is 0 Å². The monoisotopic (exact) mass is 317 g/mol. The van der Waals surface area contributed by atoms with Gasteiger partial charge in [-0.3, -0.25) is 0 Å². The molecule has 2 heterocycles. The first-order valence-electron chi connectivity index (χ1n) is 6.67. The fourth-order valence-corrected chi connectivity index (χ4v) is 3.68. The van der Waals surface area contributed by atoms with Crippen LogP contribution in [0.1, 0.15) is 18.4 Å². The Morgan fingerprint density at radius 1 is 1.35 bits per heavy atom. The van der Waals surface area contributed by atoms with Gasteiger partial charge in [-0.15, -0.1) is 0 Å². The molecule has 0 N–H and O–H groups in total. The fraction of sp³-hybridized carbons (Fsp3) is 0.615. The molecule has 1 aliphatic heterocycles. The molecule has 1 fully saturated rings. The number of nitrogens with zero attached hydrogens (tertiary/aromatic N) is 3. The highest BCUT2D eigenvalue weighted by Gasteiger charge is 2.29. The van der Waals surface area contributed by atoms with Gasteiger partial charge in [-0.05, 0) is 36.8 Å². The maximum atomic E-state index is 12.0. The van der Waals surface area contributed by atoms with Crippen molar-refractivity contribution in [2.45, 2.75) is 19.3 Å². The van der Waals surface area contributed by atoms with Gasteiger partial charge in [0.25, 0.3) is 10.2 Å². The highest BCUT2D eigenvalue weighted by Crippen LogP contribution is 2.24. The smallest absolute Gasteiger partial charge is 0.244 e. The van der Waals surface area contributed by atoms with Gasteiger partial charge in [-0.1, -0.05) is 17.7 Å². The molecule has 0 unspecified atom stereocenters. The largest absolute Gasteiger partial charge is 0.281 e. The zero-order chi connectivity index (χ0) is 14.8. The first kappa shape index (κ1) is 15.7. The molecule has 5 nitrogen and oxygen atoms in total. The predicted octanol–water partition coefficient (Wildman–Crippen LogP) is 1.80. The Balaban J connectivity index is 1.90. The summed E-state index contributed by atoms with van der Waals surface area (Å²) >= 11 is 5.76. The zero-order valence-electron chi connectivity index (χ0n) is 11.8. The van der Waals surface area contributed by atoms with Crippen LogP contribution in [0, 0.1) is 5.92 Å². The molecular formula is C13H20ClN3O2S. The van der Waals surface area contributed by atoms with Gasteiger partial charge in [0.1, 0.15) is 5.15 Å². The van der Waals surface area contributed by atoms with Crippen LogP contribution in [0.2, 0.25) is 5.15 Å². The first-order valence-corrected chi connectivity index (χ1v) is 8.45. The normalized spacial score (nSPS) is 18.6. The Hall–Kier alpha value is -0.690. The summed E-state index contributed by atoms with van der Waals surface area (Å²) in [4.78, 5) is 4.07. The van der Waals surface area contributed by atoms with Crippen molar-refractivity contribution < 1.29 is 8.42 Å². The Morgan fingerprint density at radius 3 is 2.50 bits per heavy atom. The number of piperidine rings is 1. The van der Waals surface area contributed by atoms with Gasteiger partial charge in [0, 0.05) is 33.4 Å². The minimum absolute atomic E-state index is 0.501. The lowest BCUT2D eigenvalue weighted by atomic mass is 9.92. The second kappa shape index (κ2) is 6.39. The molecular weight excluding hydrogens is 298 g/mol. The topological polar surface area (TPSA) is 53.5 Å².